The van der Waals surface area contributed by atoms with E-state index in [9.17, 15) is 0 Å². The van der Waals surface area contributed by atoms with Crippen molar-refractivity contribution in [1.82, 2.24) is 19.8 Å². The third-order valence-electron chi connectivity index (χ3n) is 4.58. The highest BCUT2D eigenvalue weighted by molar-refractivity contribution is 5.46. The van der Waals surface area contributed by atoms with Crippen LogP contribution in [0.15, 0.2) is 12.1 Å². The lowest BCUT2D eigenvalue weighted by atomic mass is 9.96. The molecule has 0 saturated carbocycles. The van der Waals surface area contributed by atoms with Gasteiger partial charge in [-0.15, -0.1) is 15.3 Å². The molecule has 7 heteroatoms. The molecule has 0 N–H and O–H groups in total. The van der Waals surface area contributed by atoms with Crippen LogP contribution in [-0.2, 0) is 14.9 Å². The van der Waals surface area contributed by atoms with Gasteiger partial charge in [0.15, 0.2) is 17.3 Å². The molecular weight excluding hydrogens is 294 g/mol. The Labute approximate surface area is 135 Å². The quantitative estimate of drug-likeness (QED) is 0.798. The molecule has 2 fully saturated rings. The molecule has 0 aromatic carbocycles. The van der Waals surface area contributed by atoms with Gasteiger partial charge in [-0.2, -0.15) is 4.52 Å². The fourth-order valence-electron chi connectivity index (χ4n) is 3.28. The van der Waals surface area contributed by atoms with E-state index in [0.717, 1.165) is 43.2 Å². The summed E-state index contributed by atoms with van der Waals surface area (Å²) in [7, 11) is 0. The summed E-state index contributed by atoms with van der Waals surface area (Å²) in [6, 6.07) is 4.00. The number of piperidine rings is 1. The molecule has 7 nitrogen and oxygen atoms in total. The first kappa shape index (κ1) is 14.8. The minimum absolute atomic E-state index is 0.0947. The van der Waals surface area contributed by atoms with Gasteiger partial charge < -0.3 is 14.4 Å². The van der Waals surface area contributed by atoms with E-state index in [2.05, 4.69) is 35.9 Å². The average molecular weight is 317 g/mol. The van der Waals surface area contributed by atoms with Crippen LogP contribution < -0.4 is 4.90 Å². The van der Waals surface area contributed by atoms with Crippen molar-refractivity contribution in [3.63, 3.8) is 0 Å². The van der Waals surface area contributed by atoms with Gasteiger partial charge in [-0.3, -0.25) is 0 Å². The van der Waals surface area contributed by atoms with Gasteiger partial charge in [0.2, 0.25) is 0 Å². The van der Waals surface area contributed by atoms with E-state index in [1.165, 1.54) is 0 Å². The lowest BCUT2D eigenvalue weighted by molar-refractivity contribution is -0.169. The van der Waals surface area contributed by atoms with Crippen molar-refractivity contribution in [3.8, 4) is 0 Å². The molecule has 2 aromatic heterocycles. The van der Waals surface area contributed by atoms with Crippen LogP contribution in [0.5, 0.6) is 0 Å². The highest BCUT2D eigenvalue weighted by Crippen LogP contribution is 2.32. The molecule has 2 aliphatic rings. The number of fused-ring (bicyclic) bond motifs is 1. The van der Waals surface area contributed by atoms with E-state index < -0.39 is 0 Å². The Morgan fingerprint density at radius 3 is 2.39 bits per heavy atom. The standard InChI is InChI=1S/C16H23N5O2/c1-15(2,3)14-18-17-12-4-5-13(19-21(12)14)20-8-6-16(7-9-20)22-10-11-23-16/h4-5H,6-11H2,1-3H3. The average Bonchev–Trinajstić information content (AvgIpc) is 3.14. The van der Waals surface area contributed by atoms with Gasteiger partial charge in [-0.05, 0) is 12.1 Å². The van der Waals surface area contributed by atoms with E-state index in [-0.39, 0.29) is 11.2 Å². The van der Waals surface area contributed by atoms with Gasteiger partial charge >= 0.3 is 0 Å². The Bertz CT molecular complexity index is 705. The summed E-state index contributed by atoms with van der Waals surface area (Å²) in [5.74, 6) is 1.48. The van der Waals surface area contributed by atoms with Crippen LogP contribution in [0.4, 0.5) is 5.82 Å². The summed E-state index contributed by atoms with van der Waals surface area (Å²) in [5, 5.41) is 13.3. The Morgan fingerprint density at radius 2 is 1.74 bits per heavy atom. The monoisotopic (exact) mass is 317 g/mol. The fraction of sp³-hybridized carbons (Fsp3) is 0.688. The van der Waals surface area contributed by atoms with Crippen LogP contribution in [0, 0.1) is 0 Å². The van der Waals surface area contributed by atoms with Crippen LogP contribution in [0.25, 0.3) is 5.65 Å². The van der Waals surface area contributed by atoms with Gasteiger partial charge in [-0.1, -0.05) is 20.8 Å². The predicted molar refractivity (Wildman–Crippen MR) is 85.6 cm³/mol. The van der Waals surface area contributed by atoms with Gasteiger partial charge in [0.05, 0.1) is 13.2 Å². The van der Waals surface area contributed by atoms with E-state index in [1.807, 2.05) is 16.6 Å². The summed E-state index contributed by atoms with van der Waals surface area (Å²) in [4.78, 5) is 2.28. The summed E-state index contributed by atoms with van der Waals surface area (Å²) >= 11 is 0. The second-order valence-corrected chi connectivity index (χ2v) is 7.33. The van der Waals surface area contributed by atoms with Crippen LogP contribution in [0.3, 0.4) is 0 Å². The molecular formula is C16H23N5O2. The van der Waals surface area contributed by atoms with Gasteiger partial charge in [0.1, 0.15) is 5.82 Å². The summed E-state index contributed by atoms with van der Waals surface area (Å²) in [6.07, 6.45) is 1.75. The minimum Gasteiger partial charge on any atom is -0.355 e. The Morgan fingerprint density at radius 1 is 1.04 bits per heavy atom. The summed E-state index contributed by atoms with van der Waals surface area (Å²) in [5.41, 5.74) is 0.692. The molecule has 2 aliphatic heterocycles. The number of hydrogen-bond donors (Lipinski definition) is 0. The molecule has 2 aromatic rings. The molecule has 0 amide bonds. The van der Waals surface area contributed by atoms with Crippen molar-refractivity contribution in [2.45, 2.75) is 44.8 Å². The van der Waals surface area contributed by atoms with Crippen molar-refractivity contribution in [1.29, 1.82) is 0 Å². The number of rotatable bonds is 1. The topological polar surface area (TPSA) is 64.8 Å². The molecule has 0 radical (unpaired) electrons. The maximum absolute atomic E-state index is 5.79. The largest absolute Gasteiger partial charge is 0.355 e. The zero-order valence-corrected chi connectivity index (χ0v) is 13.9. The maximum Gasteiger partial charge on any atom is 0.178 e. The zero-order chi connectivity index (χ0) is 16.1. The Hall–Kier alpha value is -1.73. The third-order valence-corrected chi connectivity index (χ3v) is 4.58. The van der Waals surface area contributed by atoms with Crippen LogP contribution in [0.1, 0.15) is 39.4 Å². The molecule has 23 heavy (non-hydrogen) atoms. The van der Waals surface area contributed by atoms with Crippen molar-refractivity contribution in [3.05, 3.63) is 18.0 Å². The van der Waals surface area contributed by atoms with E-state index in [4.69, 9.17) is 14.6 Å². The normalized spacial score (nSPS) is 21.4. The van der Waals surface area contributed by atoms with Crippen LogP contribution in [-0.4, -0.2) is 51.9 Å². The van der Waals surface area contributed by atoms with Crippen molar-refractivity contribution < 1.29 is 9.47 Å². The van der Waals surface area contributed by atoms with Gasteiger partial charge in [0.25, 0.3) is 0 Å². The lowest BCUT2D eigenvalue weighted by Crippen LogP contribution is -2.45. The molecule has 0 atom stereocenters. The summed E-state index contributed by atoms with van der Waals surface area (Å²) < 4.78 is 13.4. The molecule has 4 rings (SSSR count). The zero-order valence-electron chi connectivity index (χ0n) is 13.9. The van der Waals surface area contributed by atoms with Gasteiger partial charge in [0, 0.05) is 31.3 Å². The highest BCUT2D eigenvalue weighted by Gasteiger charge is 2.40. The molecule has 4 heterocycles. The van der Waals surface area contributed by atoms with Crippen LogP contribution in [0.2, 0.25) is 0 Å². The number of nitrogens with zero attached hydrogens (tertiary/aromatic N) is 5. The molecule has 2 saturated heterocycles. The Balaban J connectivity index is 1.60. The first-order valence-electron chi connectivity index (χ1n) is 8.23. The van der Waals surface area contributed by atoms with E-state index in [0.29, 0.717) is 13.2 Å². The molecule has 0 bridgehead atoms. The predicted octanol–water partition coefficient (Wildman–Crippen LogP) is 1.77. The first-order valence-corrected chi connectivity index (χ1v) is 8.23. The van der Waals surface area contributed by atoms with E-state index in [1.54, 1.807) is 0 Å². The SMILES string of the molecule is CC(C)(C)c1nnc2ccc(N3CCC4(CC3)OCCO4)nn12. The van der Waals surface area contributed by atoms with E-state index >= 15 is 0 Å². The lowest BCUT2D eigenvalue weighted by Gasteiger charge is -2.38. The number of ether oxygens (including phenoxy) is 2. The van der Waals surface area contributed by atoms with Gasteiger partial charge in [-0.25, -0.2) is 0 Å². The second kappa shape index (κ2) is 5.14. The molecule has 1 spiro atoms. The van der Waals surface area contributed by atoms with Crippen molar-refractivity contribution >= 4 is 11.5 Å². The molecule has 0 aliphatic carbocycles. The first-order chi connectivity index (χ1) is 11.0. The molecule has 0 unspecified atom stereocenters. The smallest absolute Gasteiger partial charge is 0.178 e. The number of aromatic nitrogens is 4. The summed E-state index contributed by atoms with van der Waals surface area (Å²) in [6.45, 7) is 9.54. The number of anilines is 1. The maximum atomic E-state index is 5.79. The minimum atomic E-state index is -0.353. The molecule has 124 valence electrons. The fourth-order valence-corrected chi connectivity index (χ4v) is 3.28. The second-order valence-electron chi connectivity index (χ2n) is 7.33. The Kier molecular flexibility index (Phi) is 3.32. The third kappa shape index (κ3) is 2.57. The number of hydrogen-bond acceptors (Lipinski definition) is 6. The van der Waals surface area contributed by atoms with Crippen molar-refractivity contribution in [2.24, 2.45) is 0 Å². The van der Waals surface area contributed by atoms with Crippen molar-refractivity contribution in [2.75, 3.05) is 31.2 Å². The van der Waals surface area contributed by atoms with Crippen LogP contribution >= 0.6 is 0 Å². The highest BCUT2D eigenvalue weighted by atomic mass is 16.7.